The number of hydrogen-bond acceptors (Lipinski definition) is 3. The van der Waals surface area contributed by atoms with Gasteiger partial charge in [-0.05, 0) is 26.0 Å². The van der Waals surface area contributed by atoms with E-state index in [9.17, 15) is 4.39 Å². The second-order valence-electron chi connectivity index (χ2n) is 5.18. The molecule has 2 aromatic heterocycles. The van der Waals surface area contributed by atoms with E-state index in [2.05, 4.69) is 15.1 Å². The van der Waals surface area contributed by atoms with Crippen LogP contribution in [0.5, 0.6) is 0 Å². The van der Waals surface area contributed by atoms with Crippen molar-refractivity contribution in [2.24, 2.45) is 0 Å². The number of aromatic nitrogens is 4. The maximum absolute atomic E-state index is 12.4. The molecule has 0 aliphatic carbocycles. The topological polar surface area (TPSA) is 43.6 Å². The second-order valence-corrected chi connectivity index (χ2v) is 5.18. The van der Waals surface area contributed by atoms with Crippen LogP contribution in [-0.4, -0.2) is 26.4 Å². The van der Waals surface area contributed by atoms with Gasteiger partial charge in [-0.1, -0.05) is 18.2 Å². The quantitative estimate of drug-likeness (QED) is 0.739. The summed E-state index contributed by atoms with van der Waals surface area (Å²) in [7, 11) is 0. The first-order chi connectivity index (χ1) is 10.7. The van der Waals surface area contributed by atoms with Crippen LogP contribution in [0.1, 0.15) is 11.4 Å². The van der Waals surface area contributed by atoms with Crippen molar-refractivity contribution in [1.82, 2.24) is 19.7 Å². The molecule has 0 saturated heterocycles. The molecule has 0 aliphatic rings. The molecule has 112 valence electrons. The Morgan fingerprint density at radius 2 is 1.95 bits per heavy atom. The fourth-order valence-corrected chi connectivity index (χ4v) is 2.36. The van der Waals surface area contributed by atoms with E-state index in [1.807, 2.05) is 44.2 Å². The van der Waals surface area contributed by atoms with Crippen LogP contribution >= 0.6 is 0 Å². The summed E-state index contributed by atoms with van der Waals surface area (Å²) in [6.45, 7) is 3.74. The smallest absolute Gasteiger partial charge is 0.109 e. The van der Waals surface area contributed by atoms with Crippen molar-refractivity contribution in [1.29, 1.82) is 0 Å². The van der Waals surface area contributed by atoms with Gasteiger partial charge < -0.3 is 0 Å². The standard InChI is InChI=1S/C17H17FN4/c1-12-11-19-13(2)17(20-12)15-5-3-4-14(10-15)16-6-8-22(21-16)9-7-18/h3-6,8,10-11H,7,9H2,1-2H3. The van der Waals surface area contributed by atoms with Crippen LogP contribution in [0, 0.1) is 13.8 Å². The number of alkyl halides is 1. The zero-order valence-corrected chi connectivity index (χ0v) is 12.6. The van der Waals surface area contributed by atoms with E-state index < -0.39 is 6.67 Å². The molecule has 0 amide bonds. The third-order valence-electron chi connectivity index (χ3n) is 3.46. The average molecular weight is 296 g/mol. The van der Waals surface area contributed by atoms with E-state index in [1.54, 1.807) is 17.1 Å². The lowest BCUT2D eigenvalue weighted by molar-refractivity contribution is 0.427. The van der Waals surface area contributed by atoms with Gasteiger partial charge in [-0.15, -0.1) is 0 Å². The van der Waals surface area contributed by atoms with Gasteiger partial charge in [0.1, 0.15) is 6.67 Å². The van der Waals surface area contributed by atoms with Gasteiger partial charge >= 0.3 is 0 Å². The molecule has 0 radical (unpaired) electrons. The van der Waals surface area contributed by atoms with Gasteiger partial charge in [-0.3, -0.25) is 9.67 Å². The Morgan fingerprint density at radius 1 is 1.14 bits per heavy atom. The van der Waals surface area contributed by atoms with E-state index in [1.165, 1.54) is 0 Å². The fraction of sp³-hybridized carbons (Fsp3) is 0.235. The predicted octanol–water partition coefficient (Wildman–Crippen LogP) is 3.59. The number of nitrogens with zero attached hydrogens (tertiary/aromatic N) is 4. The summed E-state index contributed by atoms with van der Waals surface area (Å²) in [5, 5.41) is 4.39. The van der Waals surface area contributed by atoms with Gasteiger partial charge in [0.05, 0.1) is 29.3 Å². The van der Waals surface area contributed by atoms with Gasteiger partial charge in [0, 0.05) is 23.5 Å². The molecule has 0 spiro atoms. The minimum Gasteiger partial charge on any atom is -0.269 e. The van der Waals surface area contributed by atoms with Gasteiger partial charge in [-0.2, -0.15) is 5.10 Å². The van der Waals surface area contributed by atoms with Crippen molar-refractivity contribution >= 4 is 0 Å². The lowest BCUT2D eigenvalue weighted by Crippen LogP contribution is -1.99. The Morgan fingerprint density at radius 3 is 2.77 bits per heavy atom. The molecule has 22 heavy (non-hydrogen) atoms. The SMILES string of the molecule is Cc1cnc(C)c(-c2cccc(-c3ccn(CCF)n3)c2)n1. The van der Waals surface area contributed by atoms with Crippen molar-refractivity contribution in [2.75, 3.05) is 6.67 Å². The highest BCUT2D eigenvalue weighted by Crippen LogP contribution is 2.25. The van der Waals surface area contributed by atoms with Crippen LogP contribution in [0.3, 0.4) is 0 Å². The van der Waals surface area contributed by atoms with Gasteiger partial charge in [-0.25, -0.2) is 9.37 Å². The molecule has 0 atom stereocenters. The molecule has 3 aromatic rings. The number of halogens is 1. The Kier molecular flexibility index (Phi) is 3.96. The van der Waals surface area contributed by atoms with Crippen molar-refractivity contribution in [2.45, 2.75) is 20.4 Å². The zero-order valence-electron chi connectivity index (χ0n) is 12.6. The third kappa shape index (κ3) is 2.88. The minimum atomic E-state index is -0.417. The van der Waals surface area contributed by atoms with Crippen molar-refractivity contribution in [3.8, 4) is 22.5 Å². The summed E-state index contributed by atoms with van der Waals surface area (Å²) >= 11 is 0. The molecule has 0 aliphatic heterocycles. The van der Waals surface area contributed by atoms with Gasteiger partial charge in [0.25, 0.3) is 0 Å². The summed E-state index contributed by atoms with van der Waals surface area (Å²) < 4.78 is 14.0. The molecule has 0 N–H and O–H groups in total. The van der Waals surface area contributed by atoms with Crippen molar-refractivity contribution < 1.29 is 4.39 Å². The summed E-state index contributed by atoms with van der Waals surface area (Å²) in [4.78, 5) is 8.94. The first-order valence-electron chi connectivity index (χ1n) is 7.18. The molecule has 1 aromatic carbocycles. The Balaban J connectivity index is 2.00. The van der Waals surface area contributed by atoms with Crippen LogP contribution in [0.2, 0.25) is 0 Å². The normalized spacial score (nSPS) is 10.9. The fourth-order valence-electron chi connectivity index (χ4n) is 2.36. The highest BCUT2D eigenvalue weighted by atomic mass is 19.1. The lowest BCUT2D eigenvalue weighted by atomic mass is 10.0. The maximum atomic E-state index is 12.4. The molecule has 5 heteroatoms. The Bertz CT molecular complexity index is 795. The third-order valence-corrected chi connectivity index (χ3v) is 3.46. The van der Waals surface area contributed by atoms with Crippen LogP contribution < -0.4 is 0 Å². The van der Waals surface area contributed by atoms with Gasteiger partial charge in [0.2, 0.25) is 0 Å². The van der Waals surface area contributed by atoms with E-state index in [0.29, 0.717) is 0 Å². The molecule has 0 fully saturated rings. The average Bonchev–Trinajstić information content (AvgIpc) is 2.99. The Hall–Kier alpha value is -2.56. The number of hydrogen-bond donors (Lipinski definition) is 0. The van der Waals surface area contributed by atoms with Crippen LogP contribution in [0.4, 0.5) is 4.39 Å². The molecule has 0 unspecified atom stereocenters. The summed E-state index contributed by atoms with van der Waals surface area (Å²) in [5.41, 5.74) is 5.48. The lowest BCUT2D eigenvalue weighted by Gasteiger charge is -2.07. The van der Waals surface area contributed by atoms with E-state index in [-0.39, 0.29) is 6.54 Å². The Labute approximate surface area is 128 Å². The molecule has 3 rings (SSSR count). The molecular formula is C17H17FN4. The van der Waals surface area contributed by atoms with Gasteiger partial charge in [0.15, 0.2) is 0 Å². The molecule has 2 heterocycles. The van der Waals surface area contributed by atoms with Crippen molar-refractivity contribution in [3.63, 3.8) is 0 Å². The second kappa shape index (κ2) is 6.05. The zero-order chi connectivity index (χ0) is 15.5. The van der Waals surface area contributed by atoms with Crippen LogP contribution in [0.15, 0.2) is 42.7 Å². The highest BCUT2D eigenvalue weighted by Gasteiger charge is 2.08. The largest absolute Gasteiger partial charge is 0.269 e. The maximum Gasteiger partial charge on any atom is 0.109 e. The molecule has 0 saturated carbocycles. The molecule has 0 bridgehead atoms. The molecule has 4 nitrogen and oxygen atoms in total. The number of aryl methyl sites for hydroxylation is 3. The van der Waals surface area contributed by atoms with E-state index in [0.717, 1.165) is 33.9 Å². The van der Waals surface area contributed by atoms with Crippen LogP contribution in [-0.2, 0) is 6.54 Å². The summed E-state index contributed by atoms with van der Waals surface area (Å²) in [6.07, 6.45) is 3.56. The number of rotatable bonds is 4. The first-order valence-corrected chi connectivity index (χ1v) is 7.18. The van der Waals surface area contributed by atoms with E-state index >= 15 is 0 Å². The minimum absolute atomic E-state index is 0.280. The highest BCUT2D eigenvalue weighted by molar-refractivity contribution is 5.70. The van der Waals surface area contributed by atoms with Crippen molar-refractivity contribution in [3.05, 3.63) is 54.1 Å². The number of benzene rings is 1. The summed E-state index contributed by atoms with van der Waals surface area (Å²) in [6, 6.07) is 9.91. The molecular weight excluding hydrogens is 279 g/mol. The predicted molar refractivity (Wildman–Crippen MR) is 84.1 cm³/mol. The van der Waals surface area contributed by atoms with Crippen LogP contribution in [0.25, 0.3) is 22.5 Å². The first kappa shape index (κ1) is 14.4. The summed E-state index contributed by atoms with van der Waals surface area (Å²) in [5.74, 6) is 0. The monoisotopic (exact) mass is 296 g/mol. The van der Waals surface area contributed by atoms with E-state index in [4.69, 9.17) is 0 Å².